The summed E-state index contributed by atoms with van der Waals surface area (Å²) in [4.78, 5) is 0. The third-order valence-electron chi connectivity index (χ3n) is 2.53. The van der Waals surface area contributed by atoms with Crippen LogP contribution in [0.25, 0.3) is 0 Å². The maximum atomic E-state index is 11.8. The number of hydrogen-bond donors (Lipinski definition) is 1. The van der Waals surface area contributed by atoms with Crippen molar-refractivity contribution in [3.05, 3.63) is 35.4 Å². The molecule has 6 heteroatoms. The van der Waals surface area contributed by atoms with Gasteiger partial charge in [-0.25, -0.2) is 13.1 Å². The number of alkyl halides is 1. The standard InChI is InChI=1S/C12H18ClNO3S/c1-10(17-2)8-14-18(15,16)9-12-5-3-11(7-13)4-6-12/h3-6,10,14H,7-9H2,1-2H3. The summed E-state index contributed by atoms with van der Waals surface area (Å²) in [5.41, 5.74) is 1.71. The van der Waals surface area contributed by atoms with E-state index < -0.39 is 10.0 Å². The highest BCUT2D eigenvalue weighted by atomic mass is 35.5. The van der Waals surface area contributed by atoms with Crippen LogP contribution in [0.4, 0.5) is 0 Å². The molecule has 18 heavy (non-hydrogen) atoms. The molecule has 0 aliphatic carbocycles. The Hall–Kier alpha value is -0.620. The van der Waals surface area contributed by atoms with Crippen LogP contribution in [0.1, 0.15) is 18.1 Å². The van der Waals surface area contributed by atoms with Crippen LogP contribution in [0.15, 0.2) is 24.3 Å². The summed E-state index contributed by atoms with van der Waals surface area (Å²) in [7, 11) is -1.78. The molecule has 0 amide bonds. The molecule has 1 rings (SSSR count). The van der Waals surface area contributed by atoms with E-state index in [1.807, 2.05) is 12.1 Å². The van der Waals surface area contributed by atoms with Crippen LogP contribution >= 0.6 is 11.6 Å². The average molecular weight is 292 g/mol. The number of benzene rings is 1. The van der Waals surface area contributed by atoms with Gasteiger partial charge in [0, 0.05) is 19.5 Å². The van der Waals surface area contributed by atoms with Gasteiger partial charge in [0.15, 0.2) is 0 Å². The third kappa shape index (κ3) is 5.35. The van der Waals surface area contributed by atoms with Gasteiger partial charge in [-0.3, -0.25) is 0 Å². The summed E-state index contributed by atoms with van der Waals surface area (Å²) in [5.74, 6) is 0.392. The SMILES string of the molecule is COC(C)CNS(=O)(=O)Cc1ccc(CCl)cc1. The second-order valence-electron chi connectivity index (χ2n) is 4.10. The first-order valence-electron chi connectivity index (χ1n) is 5.60. The maximum Gasteiger partial charge on any atom is 0.215 e. The summed E-state index contributed by atoms with van der Waals surface area (Å²) in [5, 5.41) is 0. The van der Waals surface area contributed by atoms with Crippen molar-refractivity contribution < 1.29 is 13.2 Å². The monoisotopic (exact) mass is 291 g/mol. The lowest BCUT2D eigenvalue weighted by Gasteiger charge is -2.11. The summed E-state index contributed by atoms with van der Waals surface area (Å²) in [6.45, 7) is 2.08. The van der Waals surface area contributed by atoms with Crippen LogP contribution in [0.3, 0.4) is 0 Å². The Balaban J connectivity index is 2.58. The number of ether oxygens (including phenoxy) is 1. The molecule has 1 atom stereocenters. The molecule has 0 bridgehead atoms. The molecular weight excluding hydrogens is 274 g/mol. The molecule has 0 fully saturated rings. The summed E-state index contributed by atoms with van der Waals surface area (Å²) in [6.07, 6.45) is -0.140. The molecule has 0 saturated carbocycles. The lowest BCUT2D eigenvalue weighted by molar-refractivity contribution is 0.122. The zero-order valence-corrected chi connectivity index (χ0v) is 12.1. The molecule has 0 aliphatic rings. The number of rotatable bonds is 7. The molecule has 0 aliphatic heterocycles. The number of methoxy groups -OCH3 is 1. The Morgan fingerprint density at radius 3 is 2.33 bits per heavy atom. The first-order valence-corrected chi connectivity index (χ1v) is 7.79. The van der Waals surface area contributed by atoms with E-state index in [-0.39, 0.29) is 18.4 Å². The van der Waals surface area contributed by atoms with Gasteiger partial charge in [0.2, 0.25) is 10.0 Å². The fraction of sp³-hybridized carbons (Fsp3) is 0.500. The minimum Gasteiger partial charge on any atom is -0.380 e. The normalized spacial score (nSPS) is 13.5. The number of halogens is 1. The van der Waals surface area contributed by atoms with Gasteiger partial charge in [0.25, 0.3) is 0 Å². The molecule has 0 aromatic heterocycles. The second-order valence-corrected chi connectivity index (χ2v) is 6.18. The van der Waals surface area contributed by atoms with E-state index in [4.69, 9.17) is 16.3 Å². The van der Waals surface area contributed by atoms with Crippen LogP contribution in [-0.4, -0.2) is 28.2 Å². The van der Waals surface area contributed by atoms with Crippen molar-refractivity contribution in [2.24, 2.45) is 0 Å². The van der Waals surface area contributed by atoms with Gasteiger partial charge in [-0.1, -0.05) is 24.3 Å². The molecular formula is C12H18ClNO3S. The fourth-order valence-corrected chi connectivity index (χ4v) is 2.72. The lowest BCUT2D eigenvalue weighted by atomic mass is 10.2. The zero-order valence-electron chi connectivity index (χ0n) is 10.5. The first kappa shape index (κ1) is 15.4. The molecule has 1 aromatic carbocycles. The highest BCUT2D eigenvalue weighted by molar-refractivity contribution is 7.88. The van der Waals surface area contributed by atoms with Crippen molar-refractivity contribution in [3.63, 3.8) is 0 Å². The minimum absolute atomic E-state index is 0.0357. The van der Waals surface area contributed by atoms with E-state index in [0.29, 0.717) is 5.88 Å². The van der Waals surface area contributed by atoms with Crippen molar-refractivity contribution in [2.45, 2.75) is 24.7 Å². The highest BCUT2D eigenvalue weighted by Gasteiger charge is 2.12. The van der Waals surface area contributed by atoms with Crippen LogP contribution in [0.5, 0.6) is 0 Å². The van der Waals surface area contributed by atoms with Crippen molar-refractivity contribution in [3.8, 4) is 0 Å². The predicted molar refractivity (Wildman–Crippen MR) is 73.1 cm³/mol. The molecule has 102 valence electrons. The van der Waals surface area contributed by atoms with E-state index in [9.17, 15) is 8.42 Å². The smallest absolute Gasteiger partial charge is 0.215 e. The number of sulfonamides is 1. The van der Waals surface area contributed by atoms with Gasteiger partial charge in [-0.2, -0.15) is 0 Å². The molecule has 4 nitrogen and oxygen atoms in total. The van der Waals surface area contributed by atoms with E-state index in [1.54, 1.807) is 26.2 Å². The Bertz CT molecular complexity index is 459. The quantitative estimate of drug-likeness (QED) is 0.781. The fourth-order valence-electron chi connectivity index (χ4n) is 1.32. The Morgan fingerprint density at radius 2 is 1.83 bits per heavy atom. The topological polar surface area (TPSA) is 55.4 Å². The van der Waals surface area contributed by atoms with Crippen molar-refractivity contribution >= 4 is 21.6 Å². The Morgan fingerprint density at radius 1 is 1.28 bits per heavy atom. The maximum absolute atomic E-state index is 11.8. The van der Waals surface area contributed by atoms with Crippen molar-refractivity contribution in [2.75, 3.05) is 13.7 Å². The molecule has 0 saturated heterocycles. The first-order chi connectivity index (χ1) is 8.46. The molecule has 0 heterocycles. The molecule has 1 aromatic rings. The average Bonchev–Trinajstić information content (AvgIpc) is 2.36. The van der Waals surface area contributed by atoms with Crippen LogP contribution in [-0.2, 0) is 26.4 Å². The lowest BCUT2D eigenvalue weighted by Crippen LogP contribution is -2.32. The van der Waals surface area contributed by atoms with Gasteiger partial charge < -0.3 is 4.74 Å². The van der Waals surface area contributed by atoms with Crippen LogP contribution in [0, 0.1) is 0 Å². The largest absolute Gasteiger partial charge is 0.380 e. The van der Waals surface area contributed by atoms with E-state index in [0.717, 1.165) is 11.1 Å². The van der Waals surface area contributed by atoms with Gasteiger partial charge in [-0.15, -0.1) is 11.6 Å². The van der Waals surface area contributed by atoms with Crippen molar-refractivity contribution in [1.29, 1.82) is 0 Å². The second kappa shape index (κ2) is 7.09. The summed E-state index contributed by atoms with van der Waals surface area (Å²) in [6, 6.07) is 7.21. The number of nitrogens with one attached hydrogen (secondary N) is 1. The number of hydrogen-bond acceptors (Lipinski definition) is 3. The predicted octanol–water partition coefficient (Wildman–Crippen LogP) is 1.88. The van der Waals surface area contributed by atoms with Crippen LogP contribution in [0.2, 0.25) is 0 Å². The van der Waals surface area contributed by atoms with E-state index >= 15 is 0 Å². The van der Waals surface area contributed by atoms with Gasteiger partial charge in [-0.05, 0) is 18.1 Å². The minimum atomic E-state index is -3.32. The van der Waals surface area contributed by atoms with E-state index in [1.165, 1.54) is 0 Å². The van der Waals surface area contributed by atoms with Gasteiger partial charge >= 0.3 is 0 Å². The summed E-state index contributed by atoms with van der Waals surface area (Å²) < 4.78 is 31.1. The molecule has 0 radical (unpaired) electrons. The van der Waals surface area contributed by atoms with Gasteiger partial charge in [0.05, 0.1) is 11.9 Å². The zero-order chi connectivity index (χ0) is 13.6. The molecule has 0 spiro atoms. The third-order valence-corrected chi connectivity index (χ3v) is 4.16. The Labute approximate surface area is 113 Å². The van der Waals surface area contributed by atoms with E-state index in [2.05, 4.69) is 4.72 Å². The molecule has 1 N–H and O–H groups in total. The van der Waals surface area contributed by atoms with Crippen molar-refractivity contribution in [1.82, 2.24) is 4.72 Å². The highest BCUT2D eigenvalue weighted by Crippen LogP contribution is 2.09. The van der Waals surface area contributed by atoms with Crippen LogP contribution < -0.4 is 4.72 Å². The molecule has 1 unspecified atom stereocenters. The Kier molecular flexibility index (Phi) is 6.08. The summed E-state index contributed by atoms with van der Waals surface area (Å²) >= 11 is 5.67. The van der Waals surface area contributed by atoms with Gasteiger partial charge in [0.1, 0.15) is 0 Å².